The molecule has 2 saturated heterocycles. The first kappa shape index (κ1) is 19.7. The van der Waals surface area contributed by atoms with Gasteiger partial charge in [0.15, 0.2) is 0 Å². The third-order valence-electron chi connectivity index (χ3n) is 5.76. The van der Waals surface area contributed by atoms with Crippen molar-refractivity contribution in [1.82, 2.24) is 14.7 Å². The van der Waals surface area contributed by atoms with Crippen molar-refractivity contribution in [3.05, 3.63) is 29.8 Å². The number of carbonyl (C=O) groups is 2. The monoisotopic (exact) mass is 372 g/mol. The molecule has 1 aromatic rings. The first-order chi connectivity index (χ1) is 13.1. The van der Waals surface area contributed by atoms with Crippen molar-refractivity contribution in [3.63, 3.8) is 0 Å². The van der Waals surface area contributed by atoms with Crippen LogP contribution in [0.15, 0.2) is 24.3 Å². The summed E-state index contributed by atoms with van der Waals surface area (Å²) in [5.41, 5.74) is 1.86. The molecule has 1 aromatic carbocycles. The zero-order valence-corrected chi connectivity index (χ0v) is 16.7. The van der Waals surface area contributed by atoms with E-state index in [1.165, 1.54) is 6.42 Å². The van der Waals surface area contributed by atoms with Gasteiger partial charge in [0.05, 0.1) is 6.54 Å². The summed E-state index contributed by atoms with van der Waals surface area (Å²) in [7, 11) is 2.04. The van der Waals surface area contributed by atoms with Crippen molar-refractivity contribution in [2.45, 2.75) is 26.2 Å². The highest BCUT2D eigenvalue weighted by Gasteiger charge is 2.25. The number of hydrogen-bond donors (Lipinski definition) is 0. The van der Waals surface area contributed by atoms with Crippen molar-refractivity contribution in [2.24, 2.45) is 0 Å². The van der Waals surface area contributed by atoms with Crippen LogP contribution in [-0.2, 0) is 4.79 Å². The summed E-state index contributed by atoms with van der Waals surface area (Å²) in [6, 6.07) is 7.83. The van der Waals surface area contributed by atoms with E-state index in [0.29, 0.717) is 19.6 Å². The van der Waals surface area contributed by atoms with Crippen LogP contribution < -0.4 is 4.90 Å². The lowest BCUT2D eigenvalue weighted by atomic mass is 10.1. The highest BCUT2D eigenvalue weighted by Crippen LogP contribution is 2.16. The summed E-state index contributed by atoms with van der Waals surface area (Å²) in [6.07, 6.45) is 3.49. The van der Waals surface area contributed by atoms with Crippen LogP contribution in [0, 0.1) is 0 Å². The Morgan fingerprint density at radius 3 is 2.11 bits per heavy atom. The SMILES string of the molecule is CCN(C)c1ccc(C(=O)N2CCN(CC(=O)N3CCCCC3)CC2)cc1. The smallest absolute Gasteiger partial charge is 0.253 e. The van der Waals surface area contributed by atoms with Gasteiger partial charge in [-0.15, -0.1) is 0 Å². The molecule has 6 nitrogen and oxygen atoms in total. The van der Waals surface area contributed by atoms with Gasteiger partial charge in [-0.25, -0.2) is 0 Å². The zero-order chi connectivity index (χ0) is 19.2. The first-order valence-corrected chi connectivity index (χ1v) is 10.2. The van der Waals surface area contributed by atoms with Crippen LogP contribution in [-0.4, -0.2) is 85.9 Å². The van der Waals surface area contributed by atoms with E-state index in [9.17, 15) is 9.59 Å². The van der Waals surface area contributed by atoms with Gasteiger partial charge in [0.25, 0.3) is 5.91 Å². The zero-order valence-electron chi connectivity index (χ0n) is 16.7. The third-order valence-corrected chi connectivity index (χ3v) is 5.76. The summed E-state index contributed by atoms with van der Waals surface area (Å²) >= 11 is 0. The fraction of sp³-hybridized carbons (Fsp3) is 0.619. The summed E-state index contributed by atoms with van der Waals surface area (Å²) < 4.78 is 0. The molecule has 0 bridgehead atoms. The molecule has 0 aliphatic carbocycles. The van der Waals surface area contributed by atoms with E-state index >= 15 is 0 Å². The van der Waals surface area contributed by atoms with Gasteiger partial charge in [0.2, 0.25) is 5.91 Å². The summed E-state index contributed by atoms with van der Waals surface area (Å²) in [4.78, 5) is 33.4. The van der Waals surface area contributed by atoms with Gasteiger partial charge in [-0.1, -0.05) is 0 Å². The second-order valence-electron chi connectivity index (χ2n) is 7.57. The molecule has 0 atom stereocenters. The Balaban J connectivity index is 1.48. The quantitative estimate of drug-likeness (QED) is 0.792. The highest BCUT2D eigenvalue weighted by atomic mass is 16.2. The Kier molecular flexibility index (Phi) is 6.72. The van der Waals surface area contributed by atoms with Crippen molar-refractivity contribution in [1.29, 1.82) is 0 Å². The molecule has 0 spiro atoms. The average Bonchev–Trinajstić information content (AvgIpc) is 2.74. The fourth-order valence-corrected chi connectivity index (χ4v) is 3.77. The lowest BCUT2D eigenvalue weighted by Crippen LogP contribution is -2.52. The average molecular weight is 373 g/mol. The molecule has 6 heteroatoms. The summed E-state index contributed by atoms with van der Waals surface area (Å²) in [6.45, 7) is 8.23. The van der Waals surface area contributed by atoms with E-state index in [1.54, 1.807) is 0 Å². The molecule has 0 saturated carbocycles. The minimum absolute atomic E-state index is 0.0858. The maximum absolute atomic E-state index is 12.7. The van der Waals surface area contributed by atoms with Crippen molar-refractivity contribution in [3.8, 4) is 0 Å². The maximum Gasteiger partial charge on any atom is 0.253 e. The lowest BCUT2D eigenvalue weighted by molar-refractivity contribution is -0.133. The van der Waals surface area contributed by atoms with E-state index in [2.05, 4.69) is 16.7 Å². The van der Waals surface area contributed by atoms with Gasteiger partial charge in [-0.3, -0.25) is 14.5 Å². The molecule has 2 amide bonds. The van der Waals surface area contributed by atoms with E-state index < -0.39 is 0 Å². The number of piperazine rings is 1. The third kappa shape index (κ3) is 5.01. The van der Waals surface area contributed by atoms with Crippen LogP contribution in [0.4, 0.5) is 5.69 Å². The van der Waals surface area contributed by atoms with Crippen LogP contribution in [0.1, 0.15) is 36.5 Å². The van der Waals surface area contributed by atoms with Crippen molar-refractivity contribution < 1.29 is 9.59 Å². The Morgan fingerprint density at radius 2 is 1.52 bits per heavy atom. The Bertz CT molecular complexity index is 632. The summed E-state index contributed by atoms with van der Waals surface area (Å²) in [5.74, 6) is 0.327. The predicted molar refractivity (Wildman–Crippen MR) is 108 cm³/mol. The molecular weight excluding hydrogens is 340 g/mol. The Hall–Kier alpha value is -2.08. The molecule has 0 aromatic heterocycles. The number of rotatable bonds is 5. The molecule has 148 valence electrons. The highest BCUT2D eigenvalue weighted by molar-refractivity contribution is 5.94. The van der Waals surface area contributed by atoms with Crippen LogP contribution in [0.2, 0.25) is 0 Å². The van der Waals surface area contributed by atoms with Gasteiger partial charge in [0.1, 0.15) is 0 Å². The molecule has 0 radical (unpaired) electrons. The number of benzene rings is 1. The summed E-state index contributed by atoms with van der Waals surface area (Å²) in [5, 5.41) is 0. The molecular formula is C21H32N4O2. The number of nitrogens with zero attached hydrogens (tertiary/aromatic N) is 4. The lowest BCUT2D eigenvalue weighted by Gasteiger charge is -2.36. The number of hydrogen-bond acceptors (Lipinski definition) is 4. The normalized spacial score (nSPS) is 18.4. The van der Waals surface area contributed by atoms with Gasteiger partial charge >= 0.3 is 0 Å². The number of piperidine rings is 1. The van der Waals surface area contributed by atoms with E-state index in [1.807, 2.05) is 41.1 Å². The molecule has 27 heavy (non-hydrogen) atoms. The van der Waals surface area contributed by atoms with E-state index in [0.717, 1.165) is 56.8 Å². The first-order valence-electron chi connectivity index (χ1n) is 10.2. The predicted octanol–water partition coefficient (Wildman–Crippen LogP) is 1.91. The van der Waals surface area contributed by atoms with Crippen LogP contribution in [0.3, 0.4) is 0 Å². The van der Waals surface area contributed by atoms with Crippen molar-refractivity contribution >= 4 is 17.5 Å². The van der Waals surface area contributed by atoms with Gasteiger partial charge in [-0.05, 0) is 50.5 Å². The number of anilines is 1. The topological polar surface area (TPSA) is 47.1 Å². The Labute approximate surface area is 162 Å². The minimum Gasteiger partial charge on any atom is -0.375 e. The standard InChI is InChI=1S/C21H32N4O2/c1-3-22(2)19-9-7-18(8-10-19)21(27)25-15-13-23(14-16-25)17-20(26)24-11-5-4-6-12-24/h7-10H,3-6,11-17H2,1-2H3. The molecule has 2 fully saturated rings. The molecule has 2 heterocycles. The fourth-order valence-electron chi connectivity index (χ4n) is 3.77. The van der Waals surface area contributed by atoms with Crippen LogP contribution >= 0.6 is 0 Å². The van der Waals surface area contributed by atoms with Gasteiger partial charge in [0, 0.05) is 64.1 Å². The molecule has 2 aliphatic rings. The number of likely N-dealkylation sites (tertiary alicyclic amines) is 1. The molecule has 3 rings (SSSR count). The molecule has 0 unspecified atom stereocenters. The second-order valence-corrected chi connectivity index (χ2v) is 7.57. The van der Waals surface area contributed by atoms with E-state index in [4.69, 9.17) is 0 Å². The van der Waals surface area contributed by atoms with Gasteiger partial charge in [-0.2, -0.15) is 0 Å². The number of carbonyl (C=O) groups excluding carboxylic acids is 2. The second kappa shape index (κ2) is 9.22. The largest absolute Gasteiger partial charge is 0.375 e. The van der Waals surface area contributed by atoms with Crippen LogP contribution in [0.5, 0.6) is 0 Å². The van der Waals surface area contributed by atoms with Crippen molar-refractivity contribution in [2.75, 3.05) is 64.3 Å². The Morgan fingerprint density at radius 1 is 0.889 bits per heavy atom. The van der Waals surface area contributed by atoms with E-state index in [-0.39, 0.29) is 11.8 Å². The minimum atomic E-state index is 0.0858. The van der Waals surface area contributed by atoms with Gasteiger partial charge < -0.3 is 14.7 Å². The molecule has 0 N–H and O–H groups in total. The maximum atomic E-state index is 12.7. The molecule has 2 aliphatic heterocycles. The van der Waals surface area contributed by atoms with Crippen LogP contribution in [0.25, 0.3) is 0 Å². The number of amides is 2.